The lowest BCUT2D eigenvalue weighted by Crippen LogP contribution is -2.54. The van der Waals surface area contributed by atoms with E-state index in [2.05, 4.69) is 5.32 Å². The number of benzene rings is 2. The summed E-state index contributed by atoms with van der Waals surface area (Å²) in [6.45, 7) is 0. The third-order valence-electron chi connectivity index (χ3n) is 3.87. The van der Waals surface area contributed by atoms with Gasteiger partial charge in [0.25, 0.3) is 11.8 Å². The Bertz CT molecular complexity index is 923. The molecule has 1 heterocycles. The fourth-order valence-corrected chi connectivity index (χ4v) is 2.91. The van der Waals surface area contributed by atoms with Crippen LogP contribution in [0.4, 0.5) is 5.69 Å². The molecule has 26 heavy (non-hydrogen) atoms. The standard InChI is InChI=1S/C19H16N2O4S/c1-24-15-9-5-3-7-12(15)11-13-17(22)20-19(26)21(18(13)23)14-8-4-6-10-16(14)25-2/h3-11H,1-2H3,(H,20,22,26). The van der Waals surface area contributed by atoms with Crippen molar-refractivity contribution in [1.82, 2.24) is 5.32 Å². The van der Waals surface area contributed by atoms with Crippen molar-refractivity contribution in [2.75, 3.05) is 19.1 Å². The molecule has 1 fully saturated rings. The normalized spacial score (nSPS) is 15.8. The van der Waals surface area contributed by atoms with E-state index in [-0.39, 0.29) is 10.7 Å². The van der Waals surface area contributed by atoms with Gasteiger partial charge >= 0.3 is 0 Å². The van der Waals surface area contributed by atoms with Crippen LogP contribution in [-0.4, -0.2) is 31.1 Å². The predicted octanol–water partition coefficient (Wildman–Crippen LogP) is 2.54. The van der Waals surface area contributed by atoms with Gasteiger partial charge in [0.15, 0.2) is 5.11 Å². The molecule has 2 aromatic rings. The summed E-state index contributed by atoms with van der Waals surface area (Å²) < 4.78 is 10.6. The molecule has 1 aliphatic heterocycles. The molecule has 2 amide bonds. The minimum absolute atomic E-state index is 0.00155. The molecular formula is C19H16N2O4S. The molecule has 6 nitrogen and oxygen atoms in total. The van der Waals surface area contributed by atoms with Crippen molar-refractivity contribution in [3.05, 3.63) is 59.7 Å². The van der Waals surface area contributed by atoms with E-state index in [1.54, 1.807) is 48.5 Å². The van der Waals surface area contributed by atoms with Crippen LogP contribution in [0.25, 0.3) is 6.08 Å². The van der Waals surface area contributed by atoms with Crippen LogP contribution >= 0.6 is 12.2 Å². The first kappa shape index (κ1) is 17.6. The number of rotatable bonds is 4. The Morgan fingerprint density at radius 3 is 2.27 bits per heavy atom. The van der Waals surface area contributed by atoms with Crippen LogP contribution in [0.5, 0.6) is 11.5 Å². The number of carbonyl (C=O) groups is 2. The molecule has 0 aliphatic carbocycles. The molecule has 0 bridgehead atoms. The van der Waals surface area contributed by atoms with Gasteiger partial charge in [0.1, 0.15) is 17.1 Å². The van der Waals surface area contributed by atoms with Crippen molar-refractivity contribution >= 4 is 40.9 Å². The zero-order valence-electron chi connectivity index (χ0n) is 14.2. The van der Waals surface area contributed by atoms with E-state index in [1.165, 1.54) is 25.2 Å². The topological polar surface area (TPSA) is 67.9 Å². The highest BCUT2D eigenvalue weighted by Gasteiger charge is 2.35. The quantitative estimate of drug-likeness (QED) is 0.510. The van der Waals surface area contributed by atoms with Crippen LogP contribution in [0.1, 0.15) is 5.56 Å². The molecular weight excluding hydrogens is 352 g/mol. The largest absolute Gasteiger partial charge is 0.496 e. The first-order chi connectivity index (χ1) is 12.6. The van der Waals surface area contributed by atoms with Crippen molar-refractivity contribution < 1.29 is 19.1 Å². The molecule has 3 rings (SSSR count). The molecule has 0 unspecified atom stereocenters. The molecule has 1 N–H and O–H groups in total. The average Bonchev–Trinajstić information content (AvgIpc) is 2.65. The number of thiocarbonyl (C=S) groups is 1. The van der Waals surface area contributed by atoms with E-state index < -0.39 is 11.8 Å². The van der Waals surface area contributed by atoms with Crippen LogP contribution < -0.4 is 19.7 Å². The van der Waals surface area contributed by atoms with E-state index in [0.717, 1.165) is 0 Å². The van der Waals surface area contributed by atoms with E-state index in [9.17, 15) is 9.59 Å². The van der Waals surface area contributed by atoms with Gasteiger partial charge in [-0.1, -0.05) is 30.3 Å². The Balaban J connectivity index is 2.08. The van der Waals surface area contributed by atoms with Gasteiger partial charge in [0, 0.05) is 5.56 Å². The Labute approximate surface area is 156 Å². The second-order valence-electron chi connectivity index (χ2n) is 5.37. The van der Waals surface area contributed by atoms with Gasteiger partial charge < -0.3 is 9.47 Å². The summed E-state index contributed by atoms with van der Waals surface area (Å²) in [5, 5.41) is 2.55. The number of hydrogen-bond donors (Lipinski definition) is 1. The average molecular weight is 368 g/mol. The molecule has 7 heteroatoms. The lowest BCUT2D eigenvalue weighted by atomic mass is 10.1. The molecule has 0 aromatic heterocycles. The Morgan fingerprint density at radius 2 is 1.58 bits per heavy atom. The van der Waals surface area contributed by atoms with Gasteiger partial charge in [0.05, 0.1) is 19.9 Å². The summed E-state index contributed by atoms with van der Waals surface area (Å²) in [6, 6.07) is 14.1. The van der Waals surface area contributed by atoms with Crippen molar-refractivity contribution in [3.63, 3.8) is 0 Å². The number of ether oxygens (including phenoxy) is 2. The van der Waals surface area contributed by atoms with Crippen molar-refractivity contribution in [3.8, 4) is 11.5 Å². The summed E-state index contributed by atoms with van der Waals surface area (Å²) in [6.07, 6.45) is 1.49. The van der Waals surface area contributed by atoms with Crippen LogP contribution in [-0.2, 0) is 9.59 Å². The summed E-state index contributed by atoms with van der Waals surface area (Å²) in [4.78, 5) is 26.6. The first-order valence-corrected chi connectivity index (χ1v) is 8.15. The summed E-state index contributed by atoms with van der Waals surface area (Å²) in [7, 11) is 3.02. The predicted molar refractivity (Wildman–Crippen MR) is 102 cm³/mol. The molecule has 0 saturated carbocycles. The number of para-hydroxylation sites is 3. The van der Waals surface area contributed by atoms with Gasteiger partial charge in [0.2, 0.25) is 0 Å². The highest BCUT2D eigenvalue weighted by atomic mass is 32.1. The first-order valence-electron chi connectivity index (χ1n) is 7.74. The fourth-order valence-electron chi connectivity index (χ4n) is 2.63. The molecule has 1 saturated heterocycles. The third-order valence-corrected chi connectivity index (χ3v) is 4.15. The van der Waals surface area contributed by atoms with Crippen molar-refractivity contribution in [2.45, 2.75) is 0 Å². The monoisotopic (exact) mass is 368 g/mol. The highest BCUT2D eigenvalue weighted by Crippen LogP contribution is 2.31. The molecule has 0 spiro atoms. The Morgan fingerprint density at radius 1 is 0.962 bits per heavy atom. The Hall–Kier alpha value is -3.19. The van der Waals surface area contributed by atoms with Crippen molar-refractivity contribution in [2.24, 2.45) is 0 Å². The maximum absolute atomic E-state index is 13.0. The SMILES string of the molecule is COc1ccccc1C=C1C(=O)NC(=S)N(c2ccccc2OC)C1=O. The second kappa shape index (κ2) is 7.37. The van der Waals surface area contributed by atoms with E-state index in [0.29, 0.717) is 22.7 Å². The summed E-state index contributed by atoms with van der Waals surface area (Å²) >= 11 is 5.20. The molecule has 132 valence electrons. The molecule has 0 atom stereocenters. The lowest BCUT2D eigenvalue weighted by Gasteiger charge is -2.29. The van der Waals surface area contributed by atoms with Crippen LogP contribution in [0, 0.1) is 0 Å². The van der Waals surface area contributed by atoms with Crippen LogP contribution in [0.3, 0.4) is 0 Å². The number of methoxy groups -OCH3 is 2. The van der Waals surface area contributed by atoms with E-state index in [4.69, 9.17) is 21.7 Å². The maximum Gasteiger partial charge on any atom is 0.270 e. The zero-order chi connectivity index (χ0) is 18.7. The minimum Gasteiger partial charge on any atom is -0.496 e. The van der Waals surface area contributed by atoms with Crippen LogP contribution in [0.15, 0.2) is 54.1 Å². The van der Waals surface area contributed by atoms with Gasteiger partial charge in [-0.2, -0.15) is 0 Å². The summed E-state index contributed by atoms with van der Waals surface area (Å²) in [5.74, 6) is -0.0696. The van der Waals surface area contributed by atoms with Gasteiger partial charge in [-0.15, -0.1) is 0 Å². The Kier molecular flexibility index (Phi) is 4.99. The number of amides is 2. The second-order valence-corrected chi connectivity index (χ2v) is 5.76. The molecule has 1 aliphatic rings. The fraction of sp³-hybridized carbons (Fsp3) is 0.105. The number of hydrogen-bond acceptors (Lipinski definition) is 5. The van der Waals surface area contributed by atoms with Gasteiger partial charge in [-0.25, -0.2) is 4.90 Å². The van der Waals surface area contributed by atoms with Crippen LogP contribution in [0.2, 0.25) is 0 Å². The van der Waals surface area contributed by atoms with E-state index in [1.807, 2.05) is 0 Å². The zero-order valence-corrected chi connectivity index (χ0v) is 15.0. The maximum atomic E-state index is 13.0. The summed E-state index contributed by atoms with van der Waals surface area (Å²) in [5.41, 5.74) is 1.02. The lowest BCUT2D eigenvalue weighted by molar-refractivity contribution is -0.122. The third kappa shape index (κ3) is 3.16. The number of nitrogens with one attached hydrogen (secondary N) is 1. The minimum atomic E-state index is -0.558. The number of nitrogens with zero attached hydrogens (tertiary/aromatic N) is 1. The molecule has 2 aromatic carbocycles. The number of carbonyl (C=O) groups excluding carboxylic acids is 2. The smallest absolute Gasteiger partial charge is 0.270 e. The van der Waals surface area contributed by atoms with Crippen molar-refractivity contribution in [1.29, 1.82) is 0 Å². The highest BCUT2D eigenvalue weighted by molar-refractivity contribution is 7.80. The van der Waals surface area contributed by atoms with Gasteiger partial charge in [-0.05, 0) is 36.5 Å². The number of anilines is 1. The molecule has 0 radical (unpaired) electrons. The van der Waals surface area contributed by atoms with Gasteiger partial charge in [-0.3, -0.25) is 14.9 Å². The van der Waals surface area contributed by atoms with E-state index >= 15 is 0 Å².